The Bertz CT molecular complexity index is 302. The van der Waals surface area contributed by atoms with Gasteiger partial charge in [-0.25, -0.2) is 0 Å². The van der Waals surface area contributed by atoms with Crippen LogP contribution >= 0.6 is 11.8 Å². The maximum absolute atomic E-state index is 11.4. The van der Waals surface area contributed by atoms with Gasteiger partial charge in [0, 0.05) is 0 Å². The Hall–Kier alpha value is -0.590. The third-order valence-corrected chi connectivity index (χ3v) is 4.43. The number of hydrogen-bond donors (Lipinski definition) is 2. The van der Waals surface area contributed by atoms with Crippen LogP contribution in [-0.4, -0.2) is 34.4 Å². The molecule has 1 atom stereocenters. The molecule has 1 saturated carbocycles. The zero-order valence-corrected chi connectivity index (χ0v) is 10.4. The molecule has 2 rings (SSSR count). The van der Waals surface area contributed by atoms with Gasteiger partial charge in [-0.3, -0.25) is 14.9 Å². The van der Waals surface area contributed by atoms with Crippen LogP contribution in [0.25, 0.3) is 0 Å². The summed E-state index contributed by atoms with van der Waals surface area (Å²) < 4.78 is 5.16. The van der Waals surface area contributed by atoms with Crippen molar-refractivity contribution in [1.29, 1.82) is 0 Å². The fourth-order valence-electron chi connectivity index (χ4n) is 2.49. The first kappa shape index (κ1) is 12.9. The minimum atomic E-state index is -0.225. The smallest absolute Gasteiger partial charge is 0.286 e. The molecular weight excluding hydrogens is 242 g/mol. The summed E-state index contributed by atoms with van der Waals surface area (Å²) in [5.74, 6) is 0.344. The molecule has 1 aliphatic heterocycles. The Balaban J connectivity index is 1.74. The summed E-state index contributed by atoms with van der Waals surface area (Å²) in [5.41, 5.74) is 0. The van der Waals surface area contributed by atoms with Gasteiger partial charge < -0.3 is 9.84 Å². The monoisotopic (exact) mass is 259 g/mol. The van der Waals surface area contributed by atoms with E-state index in [4.69, 9.17) is 9.84 Å². The molecule has 0 aromatic carbocycles. The average Bonchev–Trinajstić information content (AvgIpc) is 2.61. The van der Waals surface area contributed by atoms with E-state index >= 15 is 0 Å². The van der Waals surface area contributed by atoms with Crippen LogP contribution in [0, 0.1) is 5.92 Å². The van der Waals surface area contributed by atoms with Crippen molar-refractivity contribution < 1.29 is 19.4 Å². The maximum Gasteiger partial charge on any atom is 0.286 e. The van der Waals surface area contributed by atoms with E-state index in [0.717, 1.165) is 43.9 Å². The van der Waals surface area contributed by atoms with Crippen molar-refractivity contribution in [3.63, 3.8) is 0 Å². The van der Waals surface area contributed by atoms with Crippen LogP contribution in [0.4, 0.5) is 4.79 Å². The van der Waals surface area contributed by atoms with Gasteiger partial charge in [-0.05, 0) is 38.0 Å². The maximum atomic E-state index is 11.4. The number of imide groups is 1. The van der Waals surface area contributed by atoms with Crippen molar-refractivity contribution in [1.82, 2.24) is 5.32 Å². The van der Waals surface area contributed by atoms with Gasteiger partial charge in [0.05, 0.1) is 11.4 Å². The third kappa shape index (κ3) is 3.43. The van der Waals surface area contributed by atoms with Gasteiger partial charge in [-0.2, -0.15) is 0 Å². The van der Waals surface area contributed by atoms with Gasteiger partial charge in [0.1, 0.15) is 6.79 Å². The number of ether oxygens (including phenoxy) is 1. The molecule has 0 bridgehead atoms. The molecule has 96 valence electrons. The first-order valence-corrected chi connectivity index (χ1v) is 6.81. The molecule has 2 aliphatic rings. The number of carbonyl (C=O) groups excluding carboxylic acids is 2. The standard InChI is InChI=1S/C11H17NO4S/c13-6-16-8-3-1-7(2-4-8)5-9-10(14)12-11(15)17-9/h7-9,13H,1-6H2,(H,12,14,15). The predicted octanol–water partition coefficient (Wildman–Crippen LogP) is 1.25. The topological polar surface area (TPSA) is 75.6 Å². The van der Waals surface area contributed by atoms with Gasteiger partial charge in [0.2, 0.25) is 5.91 Å². The Morgan fingerprint density at radius 1 is 1.29 bits per heavy atom. The number of rotatable bonds is 4. The highest BCUT2D eigenvalue weighted by atomic mass is 32.2. The number of amides is 2. The Kier molecular flexibility index (Phi) is 4.42. The van der Waals surface area contributed by atoms with Crippen LogP contribution in [0.1, 0.15) is 32.1 Å². The molecule has 2 N–H and O–H groups in total. The molecule has 1 heterocycles. The van der Waals surface area contributed by atoms with Crippen molar-refractivity contribution in [3.8, 4) is 0 Å². The minimum absolute atomic E-state index is 0.145. The fraction of sp³-hybridized carbons (Fsp3) is 0.818. The summed E-state index contributed by atoms with van der Waals surface area (Å²) in [6.07, 6.45) is 4.79. The van der Waals surface area contributed by atoms with E-state index in [2.05, 4.69) is 5.32 Å². The Labute approximate surface area is 104 Å². The predicted molar refractivity (Wildman–Crippen MR) is 63.5 cm³/mol. The third-order valence-electron chi connectivity index (χ3n) is 3.42. The number of nitrogens with one attached hydrogen (secondary N) is 1. The van der Waals surface area contributed by atoms with Gasteiger partial charge in [0.15, 0.2) is 0 Å². The number of aliphatic hydroxyl groups excluding tert-OH is 1. The lowest BCUT2D eigenvalue weighted by molar-refractivity contribution is -0.119. The average molecular weight is 259 g/mol. The second-order valence-electron chi connectivity index (χ2n) is 4.56. The summed E-state index contributed by atoms with van der Waals surface area (Å²) in [6, 6.07) is 0. The van der Waals surface area contributed by atoms with Gasteiger partial charge in [-0.1, -0.05) is 11.8 Å². The van der Waals surface area contributed by atoms with Crippen LogP contribution < -0.4 is 5.32 Å². The van der Waals surface area contributed by atoms with Crippen LogP contribution in [-0.2, 0) is 9.53 Å². The molecule has 0 spiro atoms. The summed E-state index contributed by atoms with van der Waals surface area (Å²) in [6.45, 7) is -0.218. The molecular formula is C11H17NO4S. The molecule has 1 unspecified atom stereocenters. The van der Waals surface area contributed by atoms with Crippen molar-refractivity contribution in [2.75, 3.05) is 6.79 Å². The lowest BCUT2D eigenvalue weighted by Crippen LogP contribution is -2.28. The molecule has 5 nitrogen and oxygen atoms in total. The molecule has 0 radical (unpaired) electrons. The summed E-state index contributed by atoms with van der Waals surface area (Å²) in [5, 5.41) is 10.5. The van der Waals surface area contributed by atoms with E-state index < -0.39 is 0 Å². The lowest BCUT2D eigenvalue weighted by Gasteiger charge is -2.28. The quantitative estimate of drug-likeness (QED) is 0.743. The highest BCUT2D eigenvalue weighted by Crippen LogP contribution is 2.33. The second-order valence-corrected chi connectivity index (χ2v) is 5.73. The van der Waals surface area contributed by atoms with E-state index in [9.17, 15) is 9.59 Å². The van der Waals surface area contributed by atoms with E-state index in [1.54, 1.807) is 0 Å². The SMILES string of the molecule is O=C1NC(=O)C(CC2CCC(OCO)CC2)S1. The molecule has 6 heteroatoms. The van der Waals surface area contributed by atoms with E-state index in [-0.39, 0.29) is 29.3 Å². The second kappa shape index (κ2) is 5.84. The van der Waals surface area contributed by atoms with Gasteiger partial charge >= 0.3 is 0 Å². The largest absolute Gasteiger partial charge is 0.371 e. The zero-order valence-electron chi connectivity index (χ0n) is 9.55. The summed E-state index contributed by atoms with van der Waals surface area (Å²) in [4.78, 5) is 22.4. The highest BCUT2D eigenvalue weighted by Gasteiger charge is 2.34. The fourth-order valence-corrected chi connectivity index (χ4v) is 3.44. The van der Waals surface area contributed by atoms with E-state index in [1.165, 1.54) is 0 Å². The van der Waals surface area contributed by atoms with Crippen molar-refractivity contribution in [2.24, 2.45) is 5.92 Å². The normalized spacial score (nSPS) is 33.8. The minimum Gasteiger partial charge on any atom is -0.371 e. The molecule has 2 fully saturated rings. The number of aliphatic hydroxyl groups is 1. The first-order valence-electron chi connectivity index (χ1n) is 5.93. The molecule has 0 aromatic heterocycles. The zero-order chi connectivity index (χ0) is 12.3. The summed E-state index contributed by atoms with van der Waals surface area (Å²) in [7, 11) is 0. The number of carbonyl (C=O) groups is 2. The van der Waals surface area contributed by atoms with Crippen LogP contribution in [0.2, 0.25) is 0 Å². The molecule has 1 aliphatic carbocycles. The van der Waals surface area contributed by atoms with Crippen molar-refractivity contribution in [3.05, 3.63) is 0 Å². The Morgan fingerprint density at radius 2 is 2.00 bits per heavy atom. The summed E-state index contributed by atoms with van der Waals surface area (Å²) >= 11 is 1.11. The van der Waals surface area contributed by atoms with Crippen LogP contribution in [0.15, 0.2) is 0 Å². The van der Waals surface area contributed by atoms with Crippen molar-refractivity contribution >= 4 is 22.9 Å². The molecule has 17 heavy (non-hydrogen) atoms. The highest BCUT2D eigenvalue weighted by molar-refractivity contribution is 8.15. The van der Waals surface area contributed by atoms with E-state index in [1.807, 2.05) is 0 Å². The van der Waals surface area contributed by atoms with Crippen LogP contribution in [0.3, 0.4) is 0 Å². The molecule has 1 saturated heterocycles. The van der Waals surface area contributed by atoms with Crippen LogP contribution in [0.5, 0.6) is 0 Å². The number of hydrogen-bond acceptors (Lipinski definition) is 5. The van der Waals surface area contributed by atoms with Gasteiger partial charge in [0.25, 0.3) is 5.24 Å². The lowest BCUT2D eigenvalue weighted by atomic mass is 9.84. The van der Waals surface area contributed by atoms with Crippen molar-refractivity contribution in [2.45, 2.75) is 43.5 Å². The number of thioether (sulfide) groups is 1. The van der Waals surface area contributed by atoms with E-state index in [0.29, 0.717) is 5.92 Å². The Morgan fingerprint density at radius 3 is 2.53 bits per heavy atom. The molecule has 0 aromatic rings. The van der Waals surface area contributed by atoms with Gasteiger partial charge in [-0.15, -0.1) is 0 Å². The first-order chi connectivity index (χ1) is 8.19. The molecule has 2 amide bonds.